The minimum Gasteiger partial charge on any atom is -0.508 e. The van der Waals surface area contributed by atoms with Crippen LogP contribution in [0.4, 0.5) is 4.39 Å². The largest absolute Gasteiger partial charge is 0.508 e. The monoisotopic (exact) mass is 128 g/mol. The molecule has 0 radical (unpaired) electrons. The molecule has 0 spiro atoms. The predicted molar refractivity (Wildman–Crippen MR) is 34.8 cm³/mol. The lowest BCUT2D eigenvalue weighted by atomic mass is 10.3. The van der Waals surface area contributed by atoms with E-state index in [1.54, 1.807) is 0 Å². The molecule has 0 heterocycles. The summed E-state index contributed by atoms with van der Waals surface area (Å²) in [6.45, 7) is 0. The number of phenols is 1. The van der Waals surface area contributed by atoms with Crippen LogP contribution in [0, 0.1) is 5.82 Å². The smallest absolute Gasteiger partial charge is 0.126 e. The molecule has 0 aliphatic rings. The third-order valence-electron chi connectivity index (χ3n) is 0.808. The molecular weight excluding hydrogens is 119 g/mol. The summed E-state index contributed by atoms with van der Waals surface area (Å²) in [5.74, 6) is -0.449. The maximum atomic E-state index is 12.0. The average molecular weight is 128 g/mol. The normalized spacial score (nSPS) is 8.11. The second-order valence-electron chi connectivity index (χ2n) is 1.48. The standard InChI is InChI=1S/C6H5FO.CH4/c7-5-2-1-3-6(8)4-5;/h1-4,8H;1H4. The fraction of sp³-hybridized carbons (Fsp3) is 0.143. The Morgan fingerprint density at radius 2 is 2.00 bits per heavy atom. The molecular formula is C7H9FO. The number of phenolic OH excluding ortho intramolecular Hbond substituents is 1. The third-order valence-corrected chi connectivity index (χ3v) is 0.808. The molecule has 0 fully saturated rings. The van der Waals surface area contributed by atoms with Gasteiger partial charge in [0.2, 0.25) is 0 Å². The van der Waals surface area contributed by atoms with Gasteiger partial charge in [0.1, 0.15) is 11.6 Å². The van der Waals surface area contributed by atoms with Crippen LogP contribution in [0.15, 0.2) is 24.3 Å². The number of hydrogen-bond acceptors (Lipinski definition) is 1. The molecule has 0 saturated carbocycles. The van der Waals surface area contributed by atoms with Crippen molar-refractivity contribution in [3.05, 3.63) is 30.1 Å². The van der Waals surface area contributed by atoms with Crippen LogP contribution in [0.5, 0.6) is 5.75 Å². The van der Waals surface area contributed by atoms with Crippen molar-refractivity contribution < 1.29 is 9.50 Å². The van der Waals surface area contributed by atoms with Crippen LogP contribution in [0.25, 0.3) is 0 Å². The zero-order valence-corrected chi connectivity index (χ0v) is 4.13. The van der Waals surface area contributed by atoms with E-state index in [9.17, 15) is 4.39 Å². The Balaban J connectivity index is 0.000000640. The Bertz CT molecular complexity index is 169. The van der Waals surface area contributed by atoms with Crippen LogP contribution >= 0.6 is 0 Å². The van der Waals surface area contributed by atoms with E-state index >= 15 is 0 Å². The molecule has 0 aliphatic heterocycles. The molecule has 1 N–H and O–H groups in total. The van der Waals surface area contributed by atoms with Crippen molar-refractivity contribution in [1.82, 2.24) is 0 Å². The molecule has 0 unspecified atom stereocenters. The van der Waals surface area contributed by atoms with Crippen LogP contribution in [-0.4, -0.2) is 5.11 Å². The first-order valence-corrected chi connectivity index (χ1v) is 2.23. The molecule has 0 atom stereocenters. The van der Waals surface area contributed by atoms with Crippen LogP contribution in [-0.2, 0) is 0 Å². The summed E-state index contributed by atoms with van der Waals surface area (Å²) in [7, 11) is 0. The maximum Gasteiger partial charge on any atom is 0.126 e. The third kappa shape index (κ3) is 2.13. The molecule has 0 aromatic heterocycles. The molecule has 50 valence electrons. The van der Waals surface area contributed by atoms with E-state index < -0.39 is 5.82 Å². The second-order valence-corrected chi connectivity index (χ2v) is 1.48. The summed E-state index contributed by atoms with van der Waals surface area (Å²) in [5.41, 5.74) is 0. The van der Waals surface area contributed by atoms with Crippen LogP contribution in [0.1, 0.15) is 7.43 Å². The van der Waals surface area contributed by atoms with Crippen molar-refractivity contribution in [3.8, 4) is 5.75 Å². The number of hydrogen-bond donors (Lipinski definition) is 1. The van der Waals surface area contributed by atoms with Crippen LogP contribution in [0.3, 0.4) is 0 Å². The summed E-state index contributed by atoms with van der Waals surface area (Å²) in [6, 6.07) is 5.20. The predicted octanol–water partition coefficient (Wildman–Crippen LogP) is 2.17. The summed E-state index contributed by atoms with van der Waals surface area (Å²) in [4.78, 5) is 0. The van der Waals surface area contributed by atoms with E-state index in [0.717, 1.165) is 6.07 Å². The van der Waals surface area contributed by atoms with E-state index in [4.69, 9.17) is 5.11 Å². The first-order valence-electron chi connectivity index (χ1n) is 2.23. The van der Waals surface area contributed by atoms with Gasteiger partial charge in [-0.1, -0.05) is 13.5 Å². The van der Waals surface area contributed by atoms with E-state index in [-0.39, 0.29) is 13.2 Å². The highest BCUT2D eigenvalue weighted by molar-refractivity contribution is 5.20. The molecule has 1 aromatic carbocycles. The van der Waals surface area contributed by atoms with Gasteiger partial charge in [0.25, 0.3) is 0 Å². The van der Waals surface area contributed by atoms with Gasteiger partial charge in [0, 0.05) is 6.07 Å². The fourth-order valence-corrected chi connectivity index (χ4v) is 0.476. The Labute approximate surface area is 53.8 Å². The van der Waals surface area contributed by atoms with Gasteiger partial charge in [0.05, 0.1) is 0 Å². The molecule has 1 rings (SSSR count). The van der Waals surface area contributed by atoms with Crippen molar-refractivity contribution in [2.45, 2.75) is 7.43 Å². The highest BCUT2D eigenvalue weighted by atomic mass is 19.1. The molecule has 1 nitrogen and oxygen atoms in total. The minimum atomic E-state index is -0.412. The molecule has 0 aliphatic carbocycles. The average Bonchev–Trinajstić information content (AvgIpc) is 1.64. The number of aromatic hydroxyl groups is 1. The number of rotatable bonds is 0. The van der Waals surface area contributed by atoms with Crippen molar-refractivity contribution in [3.63, 3.8) is 0 Å². The number of benzene rings is 1. The zero-order valence-electron chi connectivity index (χ0n) is 4.13. The van der Waals surface area contributed by atoms with Gasteiger partial charge >= 0.3 is 0 Å². The second kappa shape index (κ2) is 3.07. The lowest BCUT2D eigenvalue weighted by Gasteiger charge is -1.86. The summed E-state index contributed by atoms with van der Waals surface area (Å²) in [6.07, 6.45) is 0. The quantitative estimate of drug-likeness (QED) is 0.567. The van der Waals surface area contributed by atoms with Crippen molar-refractivity contribution in [1.29, 1.82) is 0 Å². The van der Waals surface area contributed by atoms with Gasteiger partial charge in [-0.25, -0.2) is 4.39 Å². The maximum absolute atomic E-state index is 12.0. The molecule has 0 amide bonds. The van der Waals surface area contributed by atoms with Gasteiger partial charge in [-0.3, -0.25) is 0 Å². The first kappa shape index (κ1) is 7.95. The lowest BCUT2D eigenvalue weighted by Crippen LogP contribution is -1.68. The highest BCUT2D eigenvalue weighted by Gasteiger charge is 1.86. The molecule has 0 bridgehead atoms. The van der Waals surface area contributed by atoms with Crippen molar-refractivity contribution in [2.24, 2.45) is 0 Å². The topological polar surface area (TPSA) is 20.2 Å². The lowest BCUT2D eigenvalue weighted by molar-refractivity contribution is 0.469. The van der Waals surface area contributed by atoms with Gasteiger partial charge in [-0.05, 0) is 12.1 Å². The fourth-order valence-electron chi connectivity index (χ4n) is 0.476. The van der Waals surface area contributed by atoms with Gasteiger partial charge < -0.3 is 5.11 Å². The first-order chi connectivity index (χ1) is 3.79. The summed E-state index contributed by atoms with van der Waals surface area (Å²) >= 11 is 0. The number of halogens is 1. The van der Waals surface area contributed by atoms with E-state index in [1.807, 2.05) is 0 Å². The Morgan fingerprint density at radius 1 is 1.33 bits per heavy atom. The van der Waals surface area contributed by atoms with Gasteiger partial charge in [-0.2, -0.15) is 0 Å². The molecule has 1 aromatic rings. The molecule has 9 heavy (non-hydrogen) atoms. The molecule has 2 heteroatoms. The SMILES string of the molecule is C.Oc1cccc(F)c1. The minimum absolute atomic E-state index is 0. The Kier molecular flexibility index (Phi) is 2.71. The summed E-state index contributed by atoms with van der Waals surface area (Å²) < 4.78 is 12.0. The van der Waals surface area contributed by atoms with E-state index in [2.05, 4.69) is 0 Å². The van der Waals surface area contributed by atoms with Crippen LogP contribution < -0.4 is 0 Å². The Morgan fingerprint density at radius 3 is 2.33 bits per heavy atom. The zero-order chi connectivity index (χ0) is 5.98. The van der Waals surface area contributed by atoms with Gasteiger partial charge in [-0.15, -0.1) is 0 Å². The Hall–Kier alpha value is -1.05. The van der Waals surface area contributed by atoms with Crippen molar-refractivity contribution in [2.75, 3.05) is 0 Å². The van der Waals surface area contributed by atoms with Crippen LogP contribution in [0.2, 0.25) is 0 Å². The molecule has 0 saturated heterocycles. The van der Waals surface area contributed by atoms with Gasteiger partial charge in [0.15, 0.2) is 0 Å². The highest BCUT2D eigenvalue weighted by Crippen LogP contribution is 2.07. The van der Waals surface area contributed by atoms with Crippen molar-refractivity contribution >= 4 is 0 Å². The summed E-state index contributed by atoms with van der Waals surface area (Å²) in [5, 5.41) is 8.57. The van der Waals surface area contributed by atoms with E-state index in [1.165, 1.54) is 18.2 Å². The van der Waals surface area contributed by atoms with E-state index in [0.29, 0.717) is 0 Å².